The number of benzene rings is 3. The van der Waals surface area contributed by atoms with Crippen molar-refractivity contribution in [3.63, 3.8) is 0 Å². The molecule has 0 saturated carbocycles. The molecule has 0 radical (unpaired) electrons. The van der Waals surface area contributed by atoms with Gasteiger partial charge in [-0.05, 0) is 35.9 Å². The lowest BCUT2D eigenvalue weighted by molar-refractivity contribution is 0.355. The molecule has 0 N–H and O–H groups in total. The molecular weight excluding hydrogens is 468 g/mol. The Kier molecular flexibility index (Phi) is 7.36. The van der Waals surface area contributed by atoms with Gasteiger partial charge in [-0.3, -0.25) is 9.36 Å². The van der Waals surface area contributed by atoms with E-state index in [0.29, 0.717) is 50.5 Å². The fourth-order valence-corrected chi connectivity index (χ4v) is 4.60. The fraction of sp³-hybridized carbons (Fsp3) is 0.231. The first-order chi connectivity index (χ1) is 17.0. The van der Waals surface area contributed by atoms with Crippen molar-refractivity contribution >= 4 is 22.7 Å². The molecule has 4 rings (SSSR count). The van der Waals surface area contributed by atoms with Crippen molar-refractivity contribution < 1.29 is 23.7 Å². The van der Waals surface area contributed by atoms with Crippen LogP contribution in [0, 0.1) is 0 Å². The van der Waals surface area contributed by atoms with E-state index >= 15 is 0 Å². The number of ether oxygens (including phenoxy) is 5. The van der Waals surface area contributed by atoms with Gasteiger partial charge in [0.2, 0.25) is 0 Å². The van der Waals surface area contributed by atoms with E-state index in [1.165, 1.54) is 18.9 Å². The summed E-state index contributed by atoms with van der Waals surface area (Å²) in [5, 5.41) is 0.906. The molecule has 0 atom stereocenters. The summed E-state index contributed by atoms with van der Waals surface area (Å²) >= 11 is 1.44. The van der Waals surface area contributed by atoms with Gasteiger partial charge in [0.15, 0.2) is 16.7 Å². The van der Waals surface area contributed by atoms with E-state index in [9.17, 15) is 4.79 Å². The standard InChI is InChI=1S/C26H26N2O6S/c1-30-17-8-6-16(7-9-17)15-35-26-27-20-14-24(34-5)23(33-4)13-19(20)25(29)28(26)21-11-10-18(31-2)12-22(21)32-3/h6-14H,15H2,1-5H3. The number of hydrogen-bond donors (Lipinski definition) is 0. The van der Waals surface area contributed by atoms with Crippen molar-refractivity contribution in [2.24, 2.45) is 0 Å². The third-order valence-electron chi connectivity index (χ3n) is 5.50. The summed E-state index contributed by atoms with van der Waals surface area (Å²) in [5.74, 6) is 3.42. The Balaban J connectivity index is 1.90. The van der Waals surface area contributed by atoms with Gasteiger partial charge >= 0.3 is 0 Å². The van der Waals surface area contributed by atoms with Crippen LogP contribution in [0.25, 0.3) is 16.6 Å². The maximum Gasteiger partial charge on any atom is 0.266 e. The molecule has 1 heterocycles. The van der Waals surface area contributed by atoms with Gasteiger partial charge in [-0.1, -0.05) is 23.9 Å². The molecule has 0 amide bonds. The molecule has 35 heavy (non-hydrogen) atoms. The van der Waals surface area contributed by atoms with Crippen LogP contribution in [0.1, 0.15) is 5.56 Å². The Labute approximate surface area is 207 Å². The van der Waals surface area contributed by atoms with Crippen LogP contribution in [0.3, 0.4) is 0 Å². The molecule has 0 aliphatic rings. The van der Waals surface area contributed by atoms with E-state index in [4.69, 9.17) is 28.7 Å². The van der Waals surface area contributed by atoms with Crippen molar-refractivity contribution in [3.05, 3.63) is 70.5 Å². The number of aromatic nitrogens is 2. The minimum Gasteiger partial charge on any atom is -0.497 e. The number of methoxy groups -OCH3 is 5. The molecule has 1 aromatic heterocycles. The van der Waals surface area contributed by atoms with Gasteiger partial charge in [0.25, 0.3) is 5.56 Å². The van der Waals surface area contributed by atoms with Crippen LogP contribution in [-0.4, -0.2) is 45.1 Å². The highest BCUT2D eigenvalue weighted by atomic mass is 32.2. The van der Waals surface area contributed by atoms with Crippen molar-refractivity contribution in [3.8, 4) is 34.4 Å². The van der Waals surface area contributed by atoms with E-state index in [-0.39, 0.29) is 5.56 Å². The lowest BCUT2D eigenvalue weighted by Crippen LogP contribution is -2.22. The number of thioether (sulfide) groups is 1. The van der Waals surface area contributed by atoms with E-state index in [1.54, 1.807) is 63.3 Å². The summed E-state index contributed by atoms with van der Waals surface area (Å²) in [5.41, 5.74) is 1.87. The van der Waals surface area contributed by atoms with E-state index in [1.807, 2.05) is 24.3 Å². The molecule has 0 fully saturated rings. The highest BCUT2D eigenvalue weighted by molar-refractivity contribution is 7.98. The first-order valence-electron chi connectivity index (χ1n) is 10.7. The predicted octanol–water partition coefficient (Wildman–Crippen LogP) is 4.72. The molecule has 0 aliphatic heterocycles. The minimum atomic E-state index is -0.253. The maximum atomic E-state index is 13.8. The van der Waals surface area contributed by atoms with Crippen LogP contribution < -0.4 is 29.2 Å². The molecule has 0 aliphatic carbocycles. The second kappa shape index (κ2) is 10.6. The molecule has 0 saturated heterocycles. The fourth-order valence-electron chi connectivity index (χ4n) is 3.64. The molecule has 0 unspecified atom stereocenters. The first kappa shape index (κ1) is 24.3. The van der Waals surface area contributed by atoms with Gasteiger partial charge in [0, 0.05) is 17.9 Å². The molecule has 3 aromatic carbocycles. The number of rotatable bonds is 9. The molecule has 182 valence electrons. The summed E-state index contributed by atoms with van der Waals surface area (Å²) < 4.78 is 28.6. The van der Waals surface area contributed by atoms with Crippen molar-refractivity contribution in [2.75, 3.05) is 35.5 Å². The molecule has 8 nitrogen and oxygen atoms in total. The van der Waals surface area contributed by atoms with Gasteiger partial charge in [-0.25, -0.2) is 4.98 Å². The molecular formula is C26H26N2O6S. The second-order valence-electron chi connectivity index (χ2n) is 7.43. The van der Waals surface area contributed by atoms with Gasteiger partial charge in [-0.2, -0.15) is 0 Å². The Hall–Kier alpha value is -3.85. The van der Waals surface area contributed by atoms with E-state index < -0.39 is 0 Å². The first-order valence-corrected chi connectivity index (χ1v) is 11.7. The number of fused-ring (bicyclic) bond motifs is 1. The summed E-state index contributed by atoms with van der Waals surface area (Å²) in [4.78, 5) is 18.7. The van der Waals surface area contributed by atoms with Gasteiger partial charge in [0.05, 0.1) is 52.1 Å². The topological polar surface area (TPSA) is 81.0 Å². The van der Waals surface area contributed by atoms with Gasteiger partial charge in [-0.15, -0.1) is 0 Å². The average molecular weight is 495 g/mol. The van der Waals surface area contributed by atoms with Gasteiger partial charge in [0.1, 0.15) is 17.2 Å². The smallest absolute Gasteiger partial charge is 0.266 e. The van der Waals surface area contributed by atoms with Crippen molar-refractivity contribution in [2.45, 2.75) is 10.9 Å². The quantitative estimate of drug-likeness (QED) is 0.244. The third-order valence-corrected chi connectivity index (χ3v) is 6.51. The van der Waals surface area contributed by atoms with Crippen LogP contribution in [-0.2, 0) is 5.75 Å². The van der Waals surface area contributed by atoms with Crippen LogP contribution in [0.5, 0.6) is 28.7 Å². The monoisotopic (exact) mass is 494 g/mol. The van der Waals surface area contributed by atoms with E-state index in [0.717, 1.165) is 11.3 Å². The van der Waals surface area contributed by atoms with Crippen molar-refractivity contribution in [1.82, 2.24) is 9.55 Å². The lowest BCUT2D eigenvalue weighted by atomic mass is 10.2. The zero-order chi connectivity index (χ0) is 24.9. The SMILES string of the molecule is COc1ccc(CSc2nc3cc(OC)c(OC)cc3c(=O)n2-c2ccc(OC)cc2OC)cc1. The minimum absolute atomic E-state index is 0.253. The predicted molar refractivity (Wildman–Crippen MR) is 136 cm³/mol. The Morgan fingerprint density at radius 3 is 2.00 bits per heavy atom. The Morgan fingerprint density at radius 2 is 1.37 bits per heavy atom. The summed E-state index contributed by atoms with van der Waals surface area (Å²) in [7, 11) is 7.84. The molecule has 0 spiro atoms. The number of hydrogen-bond acceptors (Lipinski definition) is 8. The number of nitrogens with zero attached hydrogens (tertiary/aromatic N) is 2. The van der Waals surface area contributed by atoms with Crippen LogP contribution in [0.4, 0.5) is 0 Å². The largest absolute Gasteiger partial charge is 0.497 e. The van der Waals surface area contributed by atoms with Gasteiger partial charge < -0.3 is 23.7 Å². The Bertz CT molecular complexity index is 1400. The zero-order valence-electron chi connectivity index (χ0n) is 20.2. The maximum absolute atomic E-state index is 13.8. The van der Waals surface area contributed by atoms with Crippen LogP contribution in [0.2, 0.25) is 0 Å². The molecule has 4 aromatic rings. The molecule has 0 bridgehead atoms. The average Bonchev–Trinajstić information content (AvgIpc) is 2.91. The third kappa shape index (κ3) is 4.85. The summed E-state index contributed by atoms with van der Waals surface area (Å²) in [6, 6.07) is 16.4. The molecule has 9 heteroatoms. The van der Waals surface area contributed by atoms with Crippen LogP contribution in [0.15, 0.2) is 64.5 Å². The second-order valence-corrected chi connectivity index (χ2v) is 8.38. The normalized spacial score (nSPS) is 10.8. The summed E-state index contributed by atoms with van der Waals surface area (Å²) in [6.07, 6.45) is 0. The highest BCUT2D eigenvalue weighted by Gasteiger charge is 2.19. The highest BCUT2D eigenvalue weighted by Crippen LogP contribution is 2.34. The summed E-state index contributed by atoms with van der Waals surface area (Å²) in [6.45, 7) is 0. The lowest BCUT2D eigenvalue weighted by Gasteiger charge is -2.17. The van der Waals surface area contributed by atoms with E-state index in [2.05, 4.69) is 0 Å². The zero-order valence-corrected chi connectivity index (χ0v) is 21.0. The van der Waals surface area contributed by atoms with Crippen molar-refractivity contribution in [1.29, 1.82) is 0 Å². The Morgan fingerprint density at radius 1 is 0.743 bits per heavy atom. The van der Waals surface area contributed by atoms with Crippen LogP contribution >= 0.6 is 11.8 Å².